The fraction of sp³-hybridized carbons (Fsp3) is 0.286. The molecule has 0 amide bonds. The molecule has 3 rings (SSSR count). The summed E-state index contributed by atoms with van der Waals surface area (Å²) >= 11 is 0. The molecule has 0 saturated carbocycles. The molecule has 0 unspecified atom stereocenters. The van der Waals surface area contributed by atoms with Crippen LogP contribution < -0.4 is 15.0 Å². The van der Waals surface area contributed by atoms with Crippen molar-refractivity contribution in [3.8, 4) is 5.75 Å². The lowest BCUT2D eigenvalue weighted by Gasteiger charge is -2.30. The predicted octanol–water partition coefficient (Wildman–Crippen LogP) is 3.98. The van der Waals surface area contributed by atoms with Gasteiger partial charge in [0.1, 0.15) is 11.5 Å². The molecule has 1 aliphatic heterocycles. The van der Waals surface area contributed by atoms with Crippen LogP contribution in [0.25, 0.3) is 10.9 Å². The topological polar surface area (TPSA) is 37.4 Å². The minimum atomic E-state index is 0.723. The van der Waals surface area contributed by atoms with Crippen molar-refractivity contribution in [3.05, 3.63) is 66.6 Å². The maximum absolute atomic E-state index is 6.17. The van der Waals surface area contributed by atoms with Gasteiger partial charge in [-0.2, -0.15) is 0 Å². The Kier molecular flexibility index (Phi) is 5.51. The second-order valence-electron chi connectivity index (χ2n) is 6.08. The molecule has 4 nitrogen and oxygen atoms in total. The van der Waals surface area contributed by atoms with E-state index in [-0.39, 0.29) is 0 Å². The molecule has 0 atom stereocenters. The van der Waals surface area contributed by atoms with E-state index in [0.29, 0.717) is 0 Å². The van der Waals surface area contributed by atoms with Crippen molar-refractivity contribution in [2.45, 2.75) is 13.8 Å². The highest BCUT2D eigenvalue weighted by Crippen LogP contribution is 2.34. The maximum atomic E-state index is 6.17. The van der Waals surface area contributed by atoms with Crippen molar-refractivity contribution in [1.29, 1.82) is 0 Å². The third-order valence-corrected chi connectivity index (χ3v) is 4.34. The third kappa shape index (κ3) is 3.74. The zero-order chi connectivity index (χ0) is 17.6. The summed E-state index contributed by atoms with van der Waals surface area (Å²) in [6.07, 6.45) is 9.44. The van der Waals surface area contributed by atoms with E-state index in [4.69, 9.17) is 9.72 Å². The van der Waals surface area contributed by atoms with Gasteiger partial charge in [-0.05, 0) is 38.1 Å². The summed E-state index contributed by atoms with van der Waals surface area (Å²) in [6, 6.07) is 6.30. The van der Waals surface area contributed by atoms with Gasteiger partial charge in [0.2, 0.25) is 0 Å². The number of hydrogen-bond donors (Lipinski definition) is 1. The zero-order valence-electron chi connectivity index (χ0n) is 15.0. The molecule has 4 heteroatoms. The minimum absolute atomic E-state index is 0.723. The number of ether oxygens (including phenoxy) is 1. The molecule has 0 aliphatic carbocycles. The highest BCUT2D eigenvalue weighted by molar-refractivity contribution is 5.95. The number of allylic oxidation sites excluding steroid dienone is 4. The van der Waals surface area contributed by atoms with E-state index in [1.54, 1.807) is 6.08 Å². The predicted molar refractivity (Wildman–Crippen MR) is 105 cm³/mol. The number of rotatable bonds is 5. The summed E-state index contributed by atoms with van der Waals surface area (Å²) in [5, 5.41) is 4.43. The average Bonchev–Trinajstić information content (AvgIpc) is 2.67. The van der Waals surface area contributed by atoms with Gasteiger partial charge in [0, 0.05) is 43.3 Å². The number of aryl methyl sites for hydroxylation is 1. The molecule has 130 valence electrons. The molecule has 0 bridgehead atoms. The summed E-state index contributed by atoms with van der Waals surface area (Å²) in [7, 11) is 0. The molecule has 1 N–H and O–H groups in total. The van der Waals surface area contributed by atoms with Crippen LogP contribution in [0.2, 0.25) is 0 Å². The standard InChI is InChI=1S/C21H25N3O/c1-4-6-8-17(5-2)25-21-16(3)15-23-20-18(21)9-7-10-19(20)24-13-11-22-12-14-24/h4-10,15,22H,2,11-14H2,1,3H3. The van der Waals surface area contributed by atoms with Crippen LogP contribution in [0.5, 0.6) is 5.75 Å². The Morgan fingerprint density at radius 2 is 2.12 bits per heavy atom. The monoisotopic (exact) mass is 335 g/mol. The van der Waals surface area contributed by atoms with E-state index >= 15 is 0 Å². The largest absolute Gasteiger partial charge is 0.456 e. The van der Waals surface area contributed by atoms with Crippen LogP contribution in [0, 0.1) is 6.92 Å². The van der Waals surface area contributed by atoms with Crippen LogP contribution in [0.3, 0.4) is 0 Å². The van der Waals surface area contributed by atoms with Gasteiger partial charge in [0.05, 0.1) is 11.2 Å². The van der Waals surface area contributed by atoms with Crippen molar-refractivity contribution < 1.29 is 4.74 Å². The van der Waals surface area contributed by atoms with Crippen molar-refractivity contribution in [2.75, 3.05) is 31.1 Å². The first-order valence-electron chi connectivity index (χ1n) is 8.72. The van der Waals surface area contributed by atoms with Gasteiger partial charge in [-0.1, -0.05) is 24.8 Å². The number of anilines is 1. The second kappa shape index (κ2) is 7.99. The Bertz CT molecular complexity index is 817. The van der Waals surface area contributed by atoms with Crippen LogP contribution >= 0.6 is 0 Å². The number of pyridine rings is 1. The lowest BCUT2D eigenvalue weighted by Crippen LogP contribution is -2.43. The van der Waals surface area contributed by atoms with Crippen molar-refractivity contribution in [2.24, 2.45) is 0 Å². The lowest BCUT2D eigenvalue weighted by molar-refractivity contribution is 0.446. The Balaban J connectivity index is 2.06. The SMILES string of the molecule is C=CC(=CC=CC)Oc1c(C)cnc2c(N3CCNCC3)cccc12. The summed E-state index contributed by atoms with van der Waals surface area (Å²) < 4.78 is 6.17. The Hall–Kier alpha value is -2.59. The Morgan fingerprint density at radius 3 is 2.84 bits per heavy atom. The molecule has 1 saturated heterocycles. The number of para-hydroxylation sites is 1. The van der Waals surface area contributed by atoms with Crippen LogP contribution in [0.15, 0.2) is 61.0 Å². The first-order chi connectivity index (χ1) is 12.2. The molecule has 1 fully saturated rings. The fourth-order valence-electron chi connectivity index (χ4n) is 3.03. The minimum Gasteiger partial charge on any atom is -0.456 e. The van der Waals surface area contributed by atoms with Gasteiger partial charge >= 0.3 is 0 Å². The maximum Gasteiger partial charge on any atom is 0.141 e. The number of fused-ring (bicyclic) bond motifs is 1. The number of aromatic nitrogens is 1. The van der Waals surface area contributed by atoms with Crippen molar-refractivity contribution in [3.63, 3.8) is 0 Å². The molecule has 2 heterocycles. The fourth-order valence-corrected chi connectivity index (χ4v) is 3.03. The molecule has 2 aromatic rings. The Labute approximate surface area is 149 Å². The normalized spacial score (nSPS) is 15.8. The Morgan fingerprint density at radius 1 is 1.32 bits per heavy atom. The zero-order valence-corrected chi connectivity index (χ0v) is 15.0. The van der Waals surface area contributed by atoms with Crippen molar-refractivity contribution in [1.82, 2.24) is 10.3 Å². The molecule has 1 aromatic carbocycles. The lowest BCUT2D eigenvalue weighted by atomic mass is 10.1. The highest BCUT2D eigenvalue weighted by Gasteiger charge is 2.17. The molecule has 0 radical (unpaired) electrons. The smallest absolute Gasteiger partial charge is 0.141 e. The van der Waals surface area contributed by atoms with Gasteiger partial charge < -0.3 is 15.0 Å². The van der Waals surface area contributed by atoms with E-state index in [2.05, 4.69) is 35.0 Å². The van der Waals surface area contributed by atoms with E-state index in [1.807, 2.05) is 38.3 Å². The average molecular weight is 335 g/mol. The molecule has 0 spiro atoms. The summed E-state index contributed by atoms with van der Waals surface area (Å²) in [4.78, 5) is 7.09. The van der Waals surface area contributed by atoms with E-state index < -0.39 is 0 Å². The molecule has 1 aliphatic rings. The number of benzene rings is 1. The van der Waals surface area contributed by atoms with Crippen LogP contribution in [0.1, 0.15) is 12.5 Å². The second-order valence-corrected chi connectivity index (χ2v) is 6.08. The van der Waals surface area contributed by atoms with E-state index in [0.717, 1.165) is 54.2 Å². The van der Waals surface area contributed by atoms with E-state index in [9.17, 15) is 0 Å². The van der Waals surface area contributed by atoms with Crippen LogP contribution in [-0.4, -0.2) is 31.2 Å². The van der Waals surface area contributed by atoms with Crippen molar-refractivity contribution >= 4 is 16.6 Å². The number of hydrogen-bond acceptors (Lipinski definition) is 4. The molecule has 25 heavy (non-hydrogen) atoms. The van der Waals surface area contributed by atoms with Gasteiger partial charge in [-0.3, -0.25) is 4.98 Å². The van der Waals surface area contributed by atoms with Gasteiger partial charge in [-0.15, -0.1) is 0 Å². The quantitative estimate of drug-likeness (QED) is 0.662. The van der Waals surface area contributed by atoms with Crippen LogP contribution in [0.4, 0.5) is 5.69 Å². The highest BCUT2D eigenvalue weighted by atomic mass is 16.5. The first-order valence-corrected chi connectivity index (χ1v) is 8.72. The van der Waals surface area contributed by atoms with E-state index in [1.165, 1.54) is 5.69 Å². The summed E-state index contributed by atoms with van der Waals surface area (Å²) in [5.74, 6) is 1.57. The van der Waals surface area contributed by atoms with Gasteiger partial charge in [-0.25, -0.2) is 0 Å². The molecule has 1 aromatic heterocycles. The summed E-state index contributed by atoms with van der Waals surface area (Å²) in [6.45, 7) is 11.8. The third-order valence-electron chi connectivity index (χ3n) is 4.34. The number of nitrogens with one attached hydrogen (secondary N) is 1. The molecular weight excluding hydrogens is 310 g/mol. The van der Waals surface area contributed by atoms with Gasteiger partial charge in [0.25, 0.3) is 0 Å². The first kappa shape index (κ1) is 17.2. The van der Waals surface area contributed by atoms with Gasteiger partial charge in [0.15, 0.2) is 0 Å². The number of nitrogens with zero attached hydrogens (tertiary/aromatic N) is 2. The summed E-state index contributed by atoms with van der Waals surface area (Å²) in [5.41, 5.74) is 3.17. The molecular formula is C21H25N3O. The van der Waals surface area contributed by atoms with Crippen LogP contribution in [-0.2, 0) is 0 Å². The number of piperazine rings is 1.